The van der Waals surface area contributed by atoms with Crippen LogP contribution < -0.4 is 5.32 Å². The van der Waals surface area contributed by atoms with Crippen LogP contribution in [-0.4, -0.2) is 44.8 Å². The van der Waals surface area contributed by atoms with Crippen LogP contribution in [0.25, 0.3) is 0 Å². The van der Waals surface area contributed by atoms with Crippen LogP contribution in [0.15, 0.2) is 0 Å². The molecule has 3 aliphatic rings. The summed E-state index contributed by atoms with van der Waals surface area (Å²) in [7, 11) is -0.791. The molecule has 1 saturated heterocycles. The number of nitrogens with zero attached hydrogens (tertiary/aromatic N) is 1. The van der Waals surface area contributed by atoms with Gasteiger partial charge in [-0.2, -0.15) is 0 Å². The Kier molecular flexibility index (Phi) is 5.65. The molecule has 0 aromatic carbocycles. The summed E-state index contributed by atoms with van der Waals surface area (Å²) in [5, 5.41) is 3.50. The Morgan fingerprint density at radius 3 is 2.09 bits per heavy atom. The number of amides is 2. The zero-order valence-corrected chi connectivity index (χ0v) is 15.4. The summed E-state index contributed by atoms with van der Waals surface area (Å²) < 4.78 is 12.0. The molecule has 0 aromatic heterocycles. The third-order valence-electron chi connectivity index (χ3n) is 6.49. The summed E-state index contributed by atoms with van der Waals surface area (Å²) in [5.74, 6) is 1.97. The molecule has 23 heavy (non-hydrogen) atoms. The molecule has 0 spiro atoms. The molecular formula is C18H32N2O2S. The van der Waals surface area contributed by atoms with Crippen molar-refractivity contribution < 1.29 is 9.00 Å². The Morgan fingerprint density at radius 2 is 1.57 bits per heavy atom. The van der Waals surface area contributed by atoms with Gasteiger partial charge in [0.05, 0.1) is 5.25 Å². The van der Waals surface area contributed by atoms with E-state index in [1.54, 1.807) is 0 Å². The quantitative estimate of drug-likeness (QED) is 0.857. The molecule has 1 N–H and O–H groups in total. The maximum Gasteiger partial charge on any atom is 0.317 e. The van der Waals surface area contributed by atoms with Gasteiger partial charge in [0.15, 0.2) is 0 Å². The molecule has 0 radical (unpaired) electrons. The molecular weight excluding hydrogens is 308 g/mol. The minimum atomic E-state index is -0.791. The van der Waals surface area contributed by atoms with E-state index in [0.717, 1.165) is 0 Å². The number of hydrogen-bond donors (Lipinski definition) is 1. The molecule has 3 atom stereocenters. The molecule has 0 unspecified atom stereocenters. The average Bonchev–Trinajstić information content (AvgIpc) is 3.23. The lowest BCUT2D eigenvalue weighted by atomic mass is 9.86. The van der Waals surface area contributed by atoms with Crippen molar-refractivity contribution >= 4 is 16.8 Å². The van der Waals surface area contributed by atoms with E-state index in [1.807, 2.05) is 18.7 Å². The van der Waals surface area contributed by atoms with E-state index in [-0.39, 0.29) is 17.3 Å². The third kappa shape index (κ3) is 3.75. The van der Waals surface area contributed by atoms with Crippen LogP contribution in [0.5, 0.6) is 0 Å². The van der Waals surface area contributed by atoms with Gasteiger partial charge in [-0.25, -0.2) is 4.79 Å². The Labute approximate surface area is 143 Å². The SMILES string of the molecule is C[C@@H]1[C@H](C)[S@](=O)CCN1C(=O)NC(C1CCCC1)C1CCCC1. The fraction of sp³-hybridized carbons (Fsp3) is 0.944. The summed E-state index contributed by atoms with van der Waals surface area (Å²) in [4.78, 5) is 14.8. The summed E-state index contributed by atoms with van der Waals surface area (Å²) in [6, 6.07) is 0.518. The van der Waals surface area contributed by atoms with Crippen molar-refractivity contribution in [1.29, 1.82) is 0 Å². The van der Waals surface area contributed by atoms with Crippen molar-refractivity contribution in [2.75, 3.05) is 12.3 Å². The van der Waals surface area contributed by atoms with E-state index < -0.39 is 10.8 Å². The van der Waals surface area contributed by atoms with E-state index in [9.17, 15) is 9.00 Å². The maximum absolute atomic E-state index is 12.9. The zero-order chi connectivity index (χ0) is 16.4. The number of carbonyl (C=O) groups is 1. The lowest BCUT2D eigenvalue weighted by molar-refractivity contribution is 0.162. The largest absolute Gasteiger partial charge is 0.335 e. The van der Waals surface area contributed by atoms with Gasteiger partial charge in [-0.1, -0.05) is 25.7 Å². The standard InChI is InChI=1S/C18H32N2O2S/c1-13-14(2)23(22)12-11-20(13)18(21)19-17(15-7-3-4-8-15)16-9-5-6-10-16/h13-17H,3-12H2,1-2H3,(H,19,21)/t13-,14+,23-/m1/s1. The van der Waals surface area contributed by atoms with Crippen molar-refractivity contribution in [2.45, 2.75) is 82.5 Å². The summed E-state index contributed by atoms with van der Waals surface area (Å²) in [6.07, 6.45) is 10.4. The highest BCUT2D eigenvalue weighted by molar-refractivity contribution is 7.85. The van der Waals surface area contributed by atoms with Crippen LogP contribution in [-0.2, 0) is 10.8 Å². The van der Waals surface area contributed by atoms with Crippen LogP contribution >= 0.6 is 0 Å². The number of nitrogens with one attached hydrogen (secondary N) is 1. The number of urea groups is 1. The lowest BCUT2D eigenvalue weighted by Crippen LogP contribution is -2.58. The lowest BCUT2D eigenvalue weighted by Gasteiger charge is -2.39. The van der Waals surface area contributed by atoms with Gasteiger partial charge in [-0.3, -0.25) is 4.21 Å². The Morgan fingerprint density at radius 1 is 1.04 bits per heavy atom. The Hall–Kier alpha value is -0.580. The summed E-state index contributed by atoms with van der Waals surface area (Å²) >= 11 is 0. The van der Waals surface area contributed by atoms with Crippen molar-refractivity contribution in [3.63, 3.8) is 0 Å². The first-order chi connectivity index (χ1) is 11.1. The molecule has 2 amide bonds. The van der Waals surface area contributed by atoms with E-state index in [2.05, 4.69) is 5.32 Å². The molecule has 1 aliphatic heterocycles. The molecule has 3 rings (SSSR count). The zero-order valence-electron chi connectivity index (χ0n) is 14.6. The number of hydrogen-bond acceptors (Lipinski definition) is 2. The van der Waals surface area contributed by atoms with Gasteiger partial charge in [0.25, 0.3) is 0 Å². The predicted molar refractivity (Wildman–Crippen MR) is 94.9 cm³/mol. The molecule has 4 nitrogen and oxygen atoms in total. The topological polar surface area (TPSA) is 49.4 Å². The second-order valence-corrected chi connectivity index (χ2v) is 9.70. The predicted octanol–water partition coefficient (Wildman–Crippen LogP) is 3.29. The molecule has 132 valence electrons. The van der Waals surface area contributed by atoms with Gasteiger partial charge in [0.2, 0.25) is 0 Å². The average molecular weight is 341 g/mol. The molecule has 2 aliphatic carbocycles. The second-order valence-electron chi connectivity index (χ2n) is 7.79. The normalized spacial score (nSPS) is 33.5. The highest BCUT2D eigenvalue weighted by Gasteiger charge is 2.38. The molecule has 0 aromatic rings. The van der Waals surface area contributed by atoms with Gasteiger partial charge in [0, 0.05) is 35.2 Å². The van der Waals surface area contributed by atoms with E-state index in [4.69, 9.17) is 0 Å². The second kappa shape index (κ2) is 7.54. The van der Waals surface area contributed by atoms with Crippen LogP contribution in [0.2, 0.25) is 0 Å². The maximum atomic E-state index is 12.9. The van der Waals surface area contributed by atoms with Crippen molar-refractivity contribution in [2.24, 2.45) is 11.8 Å². The van der Waals surface area contributed by atoms with Crippen LogP contribution in [0.4, 0.5) is 4.79 Å². The van der Waals surface area contributed by atoms with E-state index >= 15 is 0 Å². The van der Waals surface area contributed by atoms with Crippen LogP contribution in [0, 0.1) is 11.8 Å². The first-order valence-corrected chi connectivity index (χ1v) is 10.9. The van der Waals surface area contributed by atoms with Gasteiger partial charge in [-0.05, 0) is 51.4 Å². The third-order valence-corrected chi connectivity index (χ3v) is 8.29. The van der Waals surface area contributed by atoms with Gasteiger partial charge in [0.1, 0.15) is 0 Å². The number of carbonyl (C=O) groups excluding carboxylic acids is 1. The van der Waals surface area contributed by atoms with Crippen LogP contribution in [0.3, 0.4) is 0 Å². The highest BCUT2D eigenvalue weighted by Crippen LogP contribution is 2.37. The van der Waals surface area contributed by atoms with E-state index in [0.29, 0.717) is 30.2 Å². The molecule has 1 heterocycles. The minimum absolute atomic E-state index is 0.0670. The van der Waals surface area contributed by atoms with Crippen molar-refractivity contribution in [3.8, 4) is 0 Å². The van der Waals surface area contributed by atoms with Crippen molar-refractivity contribution in [1.82, 2.24) is 10.2 Å². The van der Waals surface area contributed by atoms with Gasteiger partial charge < -0.3 is 10.2 Å². The Balaban J connectivity index is 1.66. The van der Waals surface area contributed by atoms with Gasteiger partial charge in [-0.15, -0.1) is 0 Å². The Bertz CT molecular complexity index is 428. The van der Waals surface area contributed by atoms with Crippen LogP contribution in [0.1, 0.15) is 65.2 Å². The molecule has 0 bridgehead atoms. The highest BCUT2D eigenvalue weighted by atomic mass is 32.2. The minimum Gasteiger partial charge on any atom is -0.335 e. The fourth-order valence-corrected chi connectivity index (χ4v) is 6.15. The molecule has 5 heteroatoms. The first-order valence-electron chi connectivity index (χ1n) is 9.52. The summed E-state index contributed by atoms with van der Waals surface area (Å²) in [6.45, 7) is 4.68. The first kappa shape index (κ1) is 17.2. The smallest absolute Gasteiger partial charge is 0.317 e. The van der Waals surface area contributed by atoms with Crippen molar-refractivity contribution in [3.05, 3.63) is 0 Å². The van der Waals surface area contributed by atoms with E-state index in [1.165, 1.54) is 51.4 Å². The molecule has 2 saturated carbocycles. The monoisotopic (exact) mass is 340 g/mol. The summed E-state index contributed by atoms with van der Waals surface area (Å²) in [5.41, 5.74) is 0. The molecule has 3 fully saturated rings. The van der Waals surface area contributed by atoms with Gasteiger partial charge >= 0.3 is 6.03 Å². The number of rotatable bonds is 3. The fourth-order valence-electron chi connectivity index (χ4n) is 4.82.